The molecule has 1 nitrogen and oxygen atoms in total. The summed E-state index contributed by atoms with van der Waals surface area (Å²) >= 11 is 0. The van der Waals surface area contributed by atoms with Gasteiger partial charge in [-0.3, -0.25) is 0 Å². The summed E-state index contributed by atoms with van der Waals surface area (Å²) in [5.41, 5.74) is 1.07. The smallest absolute Gasteiger partial charge is 0.123 e. The van der Waals surface area contributed by atoms with Gasteiger partial charge in [-0.2, -0.15) is 0 Å². The summed E-state index contributed by atoms with van der Waals surface area (Å²) in [4.78, 5) is 0. The van der Waals surface area contributed by atoms with Crippen LogP contribution in [0.4, 0.5) is 0 Å². The summed E-state index contributed by atoms with van der Waals surface area (Å²) < 4.78 is 5.10. The van der Waals surface area contributed by atoms with Crippen molar-refractivity contribution >= 4 is 0 Å². The van der Waals surface area contributed by atoms with E-state index in [1.165, 1.54) is 0 Å². The van der Waals surface area contributed by atoms with Gasteiger partial charge >= 0.3 is 0 Å². The Morgan fingerprint density at radius 3 is 2.82 bits per heavy atom. The summed E-state index contributed by atoms with van der Waals surface area (Å²) in [7, 11) is 1.65. The highest BCUT2D eigenvalue weighted by Gasteiger charge is 1.97. The Balaban J connectivity index is 2.94. The lowest BCUT2D eigenvalue weighted by Gasteiger charge is -2.03. The van der Waals surface area contributed by atoms with E-state index in [4.69, 9.17) is 11.2 Å². The van der Waals surface area contributed by atoms with Crippen molar-refractivity contribution in [2.75, 3.05) is 7.11 Å². The molecule has 0 aliphatic carbocycles. The number of rotatable bonds is 2. The Labute approximate surface area is 67.0 Å². The predicted molar refractivity (Wildman–Crippen MR) is 45.5 cm³/mol. The highest BCUT2D eigenvalue weighted by atomic mass is 16.5. The molecule has 0 N–H and O–H groups in total. The molecule has 0 heterocycles. The van der Waals surface area contributed by atoms with Crippen molar-refractivity contribution in [3.63, 3.8) is 0 Å². The number of hydrogen-bond acceptors (Lipinski definition) is 1. The SMILES string of the molecule is C#CCc1ccccc1OC. The molecule has 0 amide bonds. The van der Waals surface area contributed by atoms with E-state index in [0.717, 1.165) is 11.3 Å². The summed E-state index contributed by atoms with van der Waals surface area (Å²) in [6, 6.07) is 7.76. The van der Waals surface area contributed by atoms with Crippen molar-refractivity contribution in [3.05, 3.63) is 29.8 Å². The highest BCUT2D eigenvalue weighted by molar-refractivity contribution is 5.35. The summed E-state index contributed by atoms with van der Waals surface area (Å²) in [6.45, 7) is 0. The van der Waals surface area contributed by atoms with E-state index < -0.39 is 0 Å². The van der Waals surface area contributed by atoms with E-state index >= 15 is 0 Å². The first-order chi connectivity index (χ1) is 5.38. The van der Waals surface area contributed by atoms with E-state index in [2.05, 4.69) is 5.92 Å². The molecule has 11 heavy (non-hydrogen) atoms. The number of ether oxygens (including phenoxy) is 1. The zero-order valence-corrected chi connectivity index (χ0v) is 6.50. The summed E-state index contributed by atoms with van der Waals surface area (Å²) in [6.07, 6.45) is 5.81. The average Bonchev–Trinajstić information content (AvgIpc) is 2.06. The van der Waals surface area contributed by atoms with Crippen molar-refractivity contribution < 1.29 is 4.74 Å². The Morgan fingerprint density at radius 2 is 2.18 bits per heavy atom. The normalized spacial score (nSPS) is 8.73. The largest absolute Gasteiger partial charge is 0.496 e. The van der Waals surface area contributed by atoms with Crippen molar-refractivity contribution in [2.24, 2.45) is 0 Å². The molecular weight excluding hydrogens is 136 g/mol. The minimum absolute atomic E-state index is 0.629. The molecule has 0 saturated heterocycles. The lowest BCUT2D eigenvalue weighted by Crippen LogP contribution is -1.89. The molecule has 0 aromatic heterocycles. The molecule has 1 aromatic carbocycles. The average molecular weight is 146 g/mol. The first-order valence-corrected chi connectivity index (χ1v) is 3.44. The van der Waals surface area contributed by atoms with Crippen LogP contribution in [0.5, 0.6) is 5.75 Å². The third kappa shape index (κ3) is 1.75. The van der Waals surface area contributed by atoms with Gasteiger partial charge in [0, 0.05) is 12.0 Å². The second-order valence-corrected chi connectivity index (χ2v) is 2.19. The first kappa shape index (κ1) is 7.68. The molecule has 0 radical (unpaired) electrons. The van der Waals surface area contributed by atoms with E-state index in [1.807, 2.05) is 24.3 Å². The van der Waals surface area contributed by atoms with Gasteiger partial charge < -0.3 is 4.74 Å². The third-order valence-electron chi connectivity index (χ3n) is 1.49. The van der Waals surface area contributed by atoms with Gasteiger partial charge in [-0.15, -0.1) is 12.3 Å². The molecule has 0 fully saturated rings. The van der Waals surface area contributed by atoms with Crippen molar-refractivity contribution in [2.45, 2.75) is 6.42 Å². The molecule has 0 unspecified atom stereocenters. The van der Waals surface area contributed by atoms with Gasteiger partial charge in [0.05, 0.1) is 7.11 Å². The topological polar surface area (TPSA) is 9.23 Å². The van der Waals surface area contributed by atoms with Crippen LogP contribution in [0.25, 0.3) is 0 Å². The van der Waals surface area contributed by atoms with Crippen molar-refractivity contribution in [1.82, 2.24) is 0 Å². The standard InChI is InChI=1S/C10H10O/c1-3-6-9-7-4-5-8-10(9)11-2/h1,4-5,7-8H,6H2,2H3. The molecule has 1 heteroatoms. The van der Waals surface area contributed by atoms with Gasteiger partial charge in [-0.1, -0.05) is 18.2 Å². The maximum Gasteiger partial charge on any atom is 0.123 e. The van der Waals surface area contributed by atoms with Crippen LogP contribution in [0.1, 0.15) is 5.56 Å². The zero-order valence-electron chi connectivity index (χ0n) is 6.50. The number of terminal acetylenes is 1. The van der Waals surface area contributed by atoms with E-state index in [1.54, 1.807) is 7.11 Å². The molecule has 0 aliphatic rings. The highest BCUT2D eigenvalue weighted by Crippen LogP contribution is 2.16. The molecular formula is C10H10O. The zero-order chi connectivity index (χ0) is 8.10. The maximum atomic E-state index is 5.18. The monoisotopic (exact) mass is 146 g/mol. The Hall–Kier alpha value is -1.42. The number of para-hydroxylation sites is 1. The number of methoxy groups -OCH3 is 1. The molecule has 1 rings (SSSR count). The quantitative estimate of drug-likeness (QED) is 0.579. The van der Waals surface area contributed by atoms with Crippen LogP contribution in [0.3, 0.4) is 0 Å². The molecule has 0 atom stereocenters. The van der Waals surface area contributed by atoms with Crippen LogP contribution in [0.2, 0.25) is 0 Å². The maximum absolute atomic E-state index is 5.18. The molecule has 0 aliphatic heterocycles. The van der Waals surface area contributed by atoms with Crippen molar-refractivity contribution in [3.8, 4) is 18.1 Å². The molecule has 0 spiro atoms. The summed E-state index contributed by atoms with van der Waals surface area (Å²) in [5, 5.41) is 0. The van der Waals surface area contributed by atoms with Crippen LogP contribution in [0, 0.1) is 12.3 Å². The van der Waals surface area contributed by atoms with Gasteiger partial charge in [-0.25, -0.2) is 0 Å². The Morgan fingerprint density at radius 1 is 1.45 bits per heavy atom. The van der Waals surface area contributed by atoms with Crippen LogP contribution in [-0.2, 0) is 6.42 Å². The van der Waals surface area contributed by atoms with Gasteiger partial charge in [0.1, 0.15) is 5.75 Å². The molecule has 0 bridgehead atoms. The lowest BCUT2D eigenvalue weighted by molar-refractivity contribution is 0.411. The van der Waals surface area contributed by atoms with E-state index in [0.29, 0.717) is 6.42 Å². The van der Waals surface area contributed by atoms with Gasteiger partial charge in [0.2, 0.25) is 0 Å². The minimum Gasteiger partial charge on any atom is -0.496 e. The number of hydrogen-bond donors (Lipinski definition) is 0. The first-order valence-electron chi connectivity index (χ1n) is 3.44. The minimum atomic E-state index is 0.629. The van der Waals surface area contributed by atoms with Crippen LogP contribution < -0.4 is 4.74 Å². The second-order valence-electron chi connectivity index (χ2n) is 2.19. The van der Waals surface area contributed by atoms with Crippen LogP contribution in [0.15, 0.2) is 24.3 Å². The molecule has 0 saturated carbocycles. The van der Waals surface area contributed by atoms with Gasteiger partial charge in [-0.05, 0) is 6.07 Å². The fraction of sp³-hybridized carbons (Fsp3) is 0.200. The fourth-order valence-electron chi connectivity index (χ4n) is 0.959. The van der Waals surface area contributed by atoms with Gasteiger partial charge in [0.25, 0.3) is 0 Å². The number of benzene rings is 1. The van der Waals surface area contributed by atoms with E-state index in [-0.39, 0.29) is 0 Å². The second kappa shape index (κ2) is 3.68. The Kier molecular flexibility index (Phi) is 2.57. The van der Waals surface area contributed by atoms with Gasteiger partial charge in [0.15, 0.2) is 0 Å². The van der Waals surface area contributed by atoms with E-state index in [9.17, 15) is 0 Å². The third-order valence-corrected chi connectivity index (χ3v) is 1.49. The van der Waals surface area contributed by atoms with Crippen LogP contribution in [-0.4, -0.2) is 7.11 Å². The lowest BCUT2D eigenvalue weighted by atomic mass is 10.1. The van der Waals surface area contributed by atoms with Crippen molar-refractivity contribution in [1.29, 1.82) is 0 Å². The molecule has 1 aromatic rings. The fourth-order valence-corrected chi connectivity index (χ4v) is 0.959. The predicted octanol–water partition coefficient (Wildman–Crippen LogP) is 1.87. The summed E-state index contributed by atoms with van der Waals surface area (Å²) in [5.74, 6) is 3.44. The Bertz CT molecular complexity index is 270. The van der Waals surface area contributed by atoms with Crippen LogP contribution >= 0.6 is 0 Å². The molecule has 56 valence electrons.